The van der Waals surface area contributed by atoms with Crippen LogP contribution >= 0.6 is 0 Å². The normalized spacial score (nSPS) is 41.2. The molecule has 68 valence electrons. The number of aliphatic imine (C=N–C) groups is 1. The molecule has 0 aromatic rings. The molecule has 0 saturated carbocycles. The van der Waals surface area contributed by atoms with E-state index >= 15 is 0 Å². The van der Waals surface area contributed by atoms with Crippen molar-refractivity contribution in [3.8, 4) is 0 Å². The van der Waals surface area contributed by atoms with Crippen molar-refractivity contribution in [2.24, 2.45) is 16.8 Å². The zero-order valence-electron chi connectivity index (χ0n) is 7.82. The quantitative estimate of drug-likeness (QED) is 0.499. The molecule has 1 aliphatic heterocycles. The summed E-state index contributed by atoms with van der Waals surface area (Å²) in [5.41, 5.74) is 1.47. The van der Waals surface area contributed by atoms with Crippen LogP contribution in [-0.4, -0.2) is 11.8 Å². The Hall–Kier alpha value is -0.850. The minimum absolute atomic E-state index is 0.540. The van der Waals surface area contributed by atoms with Crippen LogP contribution < -0.4 is 0 Å². The van der Waals surface area contributed by atoms with Crippen molar-refractivity contribution in [3.05, 3.63) is 24.3 Å². The maximum Gasteiger partial charge on any atom is 0.0710 e. The monoisotopic (exact) mass is 173 g/mol. The highest BCUT2D eigenvalue weighted by molar-refractivity contribution is 5.90. The summed E-state index contributed by atoms with van der Waals surface area (Å²) in [6.45, 7) is 0. The van der Waals surface area contributed by atoms with Gasteiger partial charge in [0.15, 0.2) is 0 Å². The number of nitrogens with zero attached hydrogens (tertiary/aromatic N) is 1. The van der Waals surface area contributed by atoms with Crippen LogP contribution in [0.5, 0.6) is 0 Å². The summed E-state index contributed by atoms with van der Waals surface area (Å²) < 4.78 is 0. The zero-order valence-corrected chi connectivity index (χ0v) is 7.82. The maximum atomic E-state index is 4.84. The molecular formula is C12H15N. The number of rotatable bonds is 0. The Kier molecular flexibility index (Phi) is 1.64. The van der Waals surface area contributed by atoms with E-state index in [9.17, 15) is 0 Å². The van der Waals surface area contributed by atoms with Gasteiger partial charge in [0.05, 0.1) is 6.04 Å². The lowest BCUT2D eigenvalue weighted by Gasteiger charge is -2.31. The fraction of sp³-hybridized carbons (Fsp3) is 0.583. The Morgan fingerprint density at radius 2 is 2.15 bits per heavy atom. The van der Waals surface area contributed by atoms with E-state index in [2.05, 4.69) is 24.3 Å². The molecule has 0 saturated heterocycles. The van der Waals surface area contributed by atoms with Crippen LogP contribution in [0.3, 0.4) is 0 Å². The first-order valence-electron chi connectivity index (χ1n) is 5.32. The van der Waals surface area contributed by atoms with E-state index in [1.807, 2.05) is 0 Å². The Labute approximate surface area is 79.3 Å². The van der Waals surface area contributed by atoms with Gasteiger partial charge >= 0.3 is 0 Å². The number of hydrogen-bond acceptors (Lipinski definition) is 1. The van der Waals surface area contributed by atoms with Crippen LogP contribution in [0.15, 0.2) is 29.3 Å². The van der Waals surface area contributed by atoms with Gasteiger partial charge in [0.1, 0.15) is 0 Å². The molecule has 1 nitrogen and oxygen atoms in total. The second-order valence-electron chi connectivity index (χ2n) is 4.38. The van der Waals surface area contributed by atoms with Crippen LogP contribution in [-0.2, 0) is 0 Å². The van der Waals surface area contributed by atoms with E-state index < -0.39 is 0 Å². The second-order valence-corrected chi connectivity index (χ2v) is 4.38. The van der Waals surface area contributed by atoms with Crippen molar-refractivity contribution in [1.82, 2.24) is 0 Å². The van der Waals surface area contributed by atoms with E-state index in [4.69, 9.17) is 4.99 Å². The summed E-state index contributed by atoms with van der Waals surface area (Å²) in [6, 6.07) is 0.540. The summed E-state index contributed by atoms with van der Waals surface area (Å²) in [7, 11) is 0. The fourth-order valence-electron chi connectivity index (χ4n) is 2.79. The van der Waals surface area contributed by atoms with Gasteiger partial charge < -0.3 is 0 Å². The minimum atomic E-state index is 0.540. The Bertz CT molecular complexity index is 298. The average Bonchev–Trinajstić information content (AvgIpc) is 2.61. The summed E-state index contributed by atoms with van der Waals surface area (Å²) >= 11 is 0. The van der Waals surface area contributed by atoms with Gasteiger partial charge in [-0.1, -0.05) is 24.3 Å². The van der Waals surface area contributed by atoms with Crippen LogP contribution in [0, 0.1) is 11.8 Å². The lowest BCUT2D eigenvalue weighted by atomic mass is 9.79. The molecule has 0 fully saturated rings. The Balaban J connectivity index is 1.91. The minimum Gasteiger partial charge on any atom is -0.286 e. The Morgan fingerprint density at radius 3 is 3.15 bits per heavy atom. The van der Waals surface area contributed by atoms with Crippen molar-refractivity contribution in [2.75, 3.05) is 0 Å². The molecular weight excluding hydrogens is 158 g/mol. The summed E-state index contributed by atoms with van der Waals surface area (Å²) in [5.74, 6) is 1.62. The summed E-state index contributed by atoms with van der Waals surface area (Å²) in [5, 5.41) is 0. The third kappa shape index (κ3) is 1.18. The van der Waals surface area contributed by atoms with Crippen molar-refractivity contribution in [2.45, 2.75) is 31.7 Å². The average molecular weight is 173 g/mol. The highest BCUT2D eigenvalue weighted by Crippen LogP contribution is 2.36. The molecule has 3 atom stereocenters. The van der Waals surface area contributed by atoms with Crippen molar-refractivity contribution in [3.63, 3.8) is 0 Å². The number of hydrogen-bond donors (Lipinski definition) is 0. The first-order valence-corrected chi connectivity index (χ1v) is 5.32. The predicted molar refractivity (Wildman–Crippen MR) is 55.0 cm³/mol. The molecule has 3 unspecified atom stereocenters. The molecule has 0 radical (unpaired) electrons. The second kappa shape index (κ2) is 2.83. The van der Waals surface area contributed by atoms with Gasteiger partial charge in [-0.2, -0.15) is 0 Å². The van der Waals surface area contributed by atoms with Gasteiger partial charge in [-0.15, -0.1) is 0 Å². The molecule has 0 N–H and O–H groups in total. The van der Waals surface area contributed by atoms with Crippen molar-refractivity contribution < 1.29 is 0 Å². The third-order valence-electron chi connectivity index (χ3n) is 3.54. The molecule has 3 rings (SSSR count). The molecule has 0 aromatic heterocycles. The lowest BCUT2D eigenvalue weighted by molar-refractivity contribution is 0.389. The highest BCUT2D eigenvalue weighted by atomic mass is 14.8. The van der Waals surface area contributed by atoms with Gasteiger partial charge in [0.25, 0.3) is 0 Å². The van der Waals surface area contributed by atoms with Crippen LogP contribution in [0.25, 0.3) is 0 Å². The van der Waals surface area contributed by atoms with E-state index in [1.54, 1.807) is 0 Å². The first-order chi connectivity index (χ1) is 6.43. The molecule has 1 heteroatoms. The summed E-state index contributed by atoms with van der Waals surface area (Å²) in [4.78, 5) is 4.84. The number of fused-ring (bicyclic) bond motifs is 2. The SMILES string of the molecule is C1=CCC2CC3CC=CC3N=C2C1. The smallest absolute Gasteiger partial charge is 0.0710 e. The zero-order chi connectivity index (χ0) is 8.67. The number of allylic oxidation sites excluding steroid dienone is 3. The molecule has 0 spiro atoms. The molecule has 3 aliphatic rings. The summed E-state index contributed by atoms with van der Waals surface area (Å²) in [6.07, 6.45) is 14.2. The first kappa shape index (κ1) is 7.54. The molecule has 0 aromatic carbocycles. The van der Waals surface area contributed by atoms with E-state index in [0.29, 0.717) is 6.04 Å². The standard InChI is InChI=1S/C12H15N/c1-2-6-11-9(4-1)8-10-5-3-7-12(10)13-11/h1-3,7,9-10,12H,4-6,8H2. The van der Waals surface area contributed by atoms with Crippen molar-refractivity contribution in [1.29, 1.82) is 0 Å². The highest BCUT2D eigenvalue weighted by Gasteiger charge is 2.32. The van der Waals surface area contributed by atoms with Crippen LogP contribution in [0.2, 0.25) is 0 Å². The van der Waals surface area contributed by atoms with E-state index in [0.717, 1.165) is 18.3 Å². The fourth-order valence-corrected chi connectivity index (χ4v) is 2.79. The van der Waals surface area contributed by atoms with Gasteiger partial charge in [-0.05, 0) is 25.2 Å². The van der Waals surface area contributed by atoms with Gasteiger partial charge in [-0.3, -0.25) is 4.99 Å². The van der Waals surface area contributed by atoms with E-state index in [1.165, 1.54) is 25.0 Å². The van der Waals surface area contributed by atoms with Crippen molar-refractivity contribution >= 4 is 5.71 Å². The molecule has 1 heterocycles. The van der Waals surface area contributed by atoms with Gasteiger partial charge in [0, 0.05) is 18.1 Å². The Morgan fingerprint density at radius 1 is 1.15 bits per heavy atom. The largest absolute Gasteiger partial charge is 0.286 e. The molecule has 0 amide bonds. The van der Waals surface area contributed by atoms with Crippen LogP contribution in [0.4, 0.5) is 0 Å². The topological polar surface area (TPSA) is 12.4 Å². The van der Waals surface area contributed by atoms with Gasteiger partial charge in [-0.25, -0.2) is 0 Å². The van der Waals surface area contributed by atoms with Crippen LogP contribution in [0.1, 0.15) is 25.7 Å². The molecule has 2 aliphatic carbocycles. The molecule has 13 heavy (non-hydrogen) atoms. The molecule has 0 bridgehead atoms. The lowest BCUT2D eigenvalue weighted by Crippen LogP contribution is -2.30. The van der Waals surface area contributed by atoms with E-state index in [-0.39, 0.29) is 0 Å². The van der Waals surface area contributed by atoms with Gasteiger partial charge in [0.2, 0.25) is 0 Å². The maximum absolute atomic E-state index is 4.84. The third-order valence-corrected chi connectivity index (χ3v) is 3.54. The predicted octanol–water partition coefficient (Wildman–Crippen LogP) is 2.74.